The summed E-state index contributed by atoms with van der Waals surface area (Å²) in [7, 11) is 0.293. The van der Waals surface area contributed by atoms with Gasteiger partial charge in [0.15, 0.2) is 0 Å². The zero-order valence-corrected chi connectivity index (χ0v) is 23.8. The van der Waals surface area contributed by atoms with Crippen LogP contribution in [0, 0.1) is 0 Å². The number of sulfonamides is 1. The van der Waals surface area contributed by atoms with E-state index >= 15 is 0 Å². The lowest BCUT2D eigenvalue weighted by molar-refractivity contribution is -0.140. The molecule has 0 saturated carbocycles. The largest absolute Gasteiger partial charge is 0.497 e. The summed E-state index contributed by atoms with van der Waals surface area (Å²) in [6.45, 7) is 1.29. The zero-order valence-electron chi connectivity index (χ0n) is 22.3. The third kappa shape index (κ3) is 7.21. The third-order valence-corrected chi connectivity index (χ3v) is 8.17. The molecule has 0 spiro atoms. The van der Waals surface area contributed by atoms with Crippen LogP contribution in [0.4, 0.5) is 5.69 Å². The van der Waals surface area contributed by atoms with Gasteiger partial charge in [-0.1, -0.05) is 36.7 Å². The van der Waals surface area contributed by atoms with Crippen molar-refractivity contribution in [2.45, 2.75) is 30.8 Å². The Morgan fingerprint density at radius 1 is 0.949 bits per heavy atom. The molecule has 1 atom stereocenters. The number of benzene rings is 3. The van der Waals surface area contributed by atoms with Gasteiger partial charge < -0.3 is 19.7 Å². The van der Waals surface area contributed by atoms with Crippen LogP contribution >= 0.6 is 11.6 Å². The van der Waals surface area contributed by atoms with Gasteiger partial charge in [0.05, 0.1) is 24.8 Å². The van der Waals surface area contributed by atoms with Crippen molar-refractivity contribution in [2.75, 3.05) is 32.1 Å². The second kappa shape index (κ2) is 13.3. The molecular weight excluding hydrogens is 542 g/mol. The van der Waals surface area contributed by atoms with Crippen molar-refractivity contribution < 1.29 is 27.5 Å². The fraction of sp³-hybridized carbons (Fsp3) is 0.286. The van der Waals surface area contributed by atoms with Crippen LogP contribution in [0.25, 0.3) is 0 Å². The number of likely N-dealkylation sites (N-methyl/N-ethyl adjacent to an activating group) is 1. The van der Waals surface area contributed by atoms with Gasteiger partial charge in [-0.3, -0.25) is 13.9 Å². The smallest absolute Gasteiger partial charge is 0.264 e. The van der Waals surface area contributed by atoms with Gasteiger partial charge in [-0.2, -0.15) is 0 Å². The highest BCUT2D eigenvalue weighted by Gasteiger charge is 2.33. The molecule has 3 aromatic rings. The number of nitrogens with one attached hydrogen (secondary N) is 1. The summed E-state index contributed by atoms with van der Waals surface area (Å²) < 4.78 is 39.1. The van der Waals surface area contributed by atoms with Crippen LogP contribution in [0.2, 0.25) is 5.02 Å². The molecule has 1 N–H and O–H groups in total. The molecule has 0 radical (unpaired) electrons. The Balaban J connectivity index is 2.06. The normalized spacial score (nSPS) is 11.8. The van der Waals surface area contributed by atoms with E-state index in [9.17, 15) is 18.0 Å². The molecule has 0 aromatic heterocycles. The molecule has 208 valence electrons. The molecule has 11 heteroatoms. The van der Waals surface area contributed by atoms with Gasteiger partial charge >= 0.3 is 0 Å². The summed E-state index contributed by atoms with van der Waals surface area (Å²) >= 11 is 6.19. The summed E-state index contributed by atoms with van der Waals surface area (Å²) in [5.74, 6) is 0.155. The van der Waals surface area contributed by atoms with Crippen LogP contribution in [0.5, 0.6) is 11.5 Å². The number of halogens is 1. The van der Waals surface area contributed by atoms with E-state index in [1.165, 1.54) is 56.5 Å². The summed E-state index contributed by atoms with van der Waals surface area (Å²) in [6.07, 6.45) is 0.317. The quantitative estimate of drug-likeness (QED) is 0.350. The molecule has 0 saturated heterocycles. The molecular formula is C28H32ClN3O6S. The second-order valence-electron chi connectivity index (χ2n) is 8.58. The van der Waals surface area contributed by atoms with Gasteiger partial charge in [-0.15, -0.1) is 0 Å². The number of methoxy groups -OCH3 is 2. The minimum Gasteiger partial charge on any atom is -0.497 e. The summed E-state index contributed by atoms with van der Waals surface area (Å²) in [6, 6.07) is 18.4. The lowest BCUT2D eigenvalue weighted by atomic mass is 10.1. The molecule has 3 rings (SSSR count). The van der Waals surface area contributed by atoms with Crippen LogP contribution in [-0.4, -0.2) is 59.0 Å². The first-order valence-corrected chi connectivity index (χ1v) is 14.0. The summed E-state index contributed by atoms with van der Waals surface area (Å²) in [5.41, 5.74) is 0.929. The first-order chi connectivity index (χ1) is 18.6. The Labute approximate surface area is 234 Å². The average molecular weight is 574 g/mol. The predicted octanol–water partition coefficient (Wildman–Crippen LogP) is 4.11. The maximum atomic E-state index is 13.9. The molecule has 0 heterocycles. The van der Waals surface area contributed by atoms with Crippen LogP contribution in [0.15, 0.2) is 77.7 Å². The highest BCUT2D eigenvalue weighted by molar-refractivity contribution is 7.92. The molecule has 9 nitrogen and oxygen atoms in total. The minimum absolute atomic E-state index is 0.0336. The number of rotatable bonds is 12. The first-order valence-electron chi connectivity index (χ1n) is 12.2. The topological polar surface area (TPSA) is 105 Å². The molecule has 3 aromatic carbocycles. The number of hydrogen-bond acceptors (Lipinski definition) is 6. The van der Waals surface area contributed by atoms with E-state index < -0.39 is 28.5 Å². The number of nitrogens with zero attached hydrogens (tertiary/aromatic N) is 2. The standard InChI is InChI=1S/C28H32ClN3O6S/c1-5-26(28(34)30-2)31(18-20-8-6-11-24(16-20)38-4)27(33)19-32(22-10-7-9-21(29)17-22)39(35,36)25-14-12-23(37-3)13-15-25/h6-17,26H,5,18-19H2,1-4H3,(H,30,34)/t26-/m0/s1. The van der Waals surface area contributed by atoms with Gasteiger partial charge in [-0.05, 0) is 66.6 Å². The van der Waals surface area contributed by atoms with E-state index in [1.807, 2.05) is 6.07 Å². The van der Waals surface area contributed by atoms with E-state index in [4.69, 9.17) is 21.1 Å². The Bertz CT molecular complexity index is 1400. The van der Waals surface area contributed by atoms with E-state index in [0.717, 1.165) is 9.87 Å². The molecule has 0 aliphatic rings. The van der Waals surface area contributed by atoms with Gasteiger partial charge in [0.2, 0.25) is 11.8 Å². The Morgan fingerprint density at radius 2 is 1.62 bits per heavy atom. The third-order valence-electron chi connectivity index (χ3n) is 6.14. The maximum Gasteiger partial charge on any atom is 0.264 e. The molecule has 0 aliphatic heterocycles. The van der Waals surface area contributed by atoms with Gasteiger partial charge in [0.25, 0.3) is 10.0 Å². The van der Waals surface area contributed by atoms with Crippen molar-refractivity contribution in [3.8, 4) is 11.5 Å². The van der Waals surface area contributed by atoms with Gasteiger partial charge in [0.1, 0.15) is 24.1 Å². The van der Waals surface area contributed by atoms with Crippen molar-refractivity contribution in [3.63, 3.8) is 0 Å². The molecule has 39 heavy (non-hydrogen) atoms. The highest BCUT2D eigenvalue weighted by atomic mass is 35.5. The minimum atomic E-state index is -4.22. The first kappa shape index (κ1) is 29.8. The predicted molar refractivity (Wildman–Crippen MR) is 151 cm³/mol. The SMILES string of the molecule is CC[C@@H](C(=O)NC)N(Cc1cccc(OC)c1)C(=O)CN(c1cccc(Cl)c1)S(=O)(=O)c1ccc(OC)cc1. The van der Waals surface area contributed by atoms with Gasteiger partial charge in [-0.25, -0.2) is 8.42 Å². The molecule has 0 fully saturated rings. The van der Waals surface area contributed by atoms with Crippen LogP contribution in [0.3, 0.4) is 0 Å². The molecule has 2 amide bonds. The Morgan fingerprint density at radius 3 is 2.21 bits per heavy atom. The van der Waals surface area contributed by atoms with Crippen molar-refractivity contribution in [1.29, 1.82) is 0 Å². The van der Waals surface area contributed by atoms with E-state index in [2.05, 4.69) is 5.32 Å². The zero-order chi connectivity index (χ0) is 28.6. The number of hydrogen-bond donors (Lipinski definition) is 1. The fourth-order valence-corrected chi connectivity index (χ4v) is 5.68. The second-order valence-corrected chi connectivity index (χ2v) is 10.9. The number of amides is 2. The number of carbonyl (C=O) groups excluding carboxylic acids is 2. The fourth-order valence-electron chi connectivity index (χ4n) is 4.09. The maximum absolute atomic E-state index is 13.9. The number of carbonyl (C=O) groups is 2. The molecule has 0 unspecified atom stereocenters. The van der Waals surface area contributed by atoms with Gasteiger partial charge in [0, 0.05) is 18.6 Å². The summed E-state index contributed by atoms with van der Waals surface area (Å²) in [5, 5.41) is 2.91. The highest BCUT2D eigenvalue weighted by Crippen LogP contribution is 2.28. The molecule has 0 bridgehead atoms. The lowest BCUT2D eigenvalue weighted by Gasteiger charge is -2.33. The lowest BCUT2D eigenvalue weighted by Crippen LogP contribution is -2.51. The van der Waals surface area contributed by atoms with E-state index in [1.54, 1.807) is 43.3 Å². The van der Waals surface area contributed by atoms with E-state index in [-0.39, 0.29) is 23.0 Å². The van der Waals surface area contributed by atoms with Crippen molar-refractivity contribution in [2.24, 2.45) is 0 Å². The summed E-state index contributed by atoms with van der Waals surface area (Å²) in [4.78, 5) is 28.1. The number of ether oxygens (including phenoxy) is 2. The van der Waals surface area contributed by atoms with E-state index in [0.29, 0.717) is 22.9 Å². The van der Waals surface area contributed by atoms with Crippen LogP contribution in [0.1, 0.15) is 18.9 Å². The van der Waals surface area contributed by atoms with Crippen molar-refractivity contribution >= 4 is 39.1 Å². The number of anilines is 1. The van der Waals surface area contributed by atoms with Crippen molar-refractivity contribution in [3.05, 3.63) is 83.4 Å². The van der Waals surface area contributed by atoms with Crippen molar-refractivity contribution in [1.82, 2.24) is 10.2 Å². The van der Waals surface area contributed by atoms with Crippen LogP contribution in [-0.2, 0) is 26.2 Å². The van der Waals surface area contributed by atoms with Crippen LogP contribution < -0.4 is 19.1 Å². The Kier molecular flexibility index (Phi) is 10.2. The molecule has 0 aliphatic carbocycles. The average Bonchev–Trinajstić information content (AvgIpc) is 2.95. The Hall–Kier alpha value is -3.76. The monoisotopic (exact) mass is 573 g/mol.